The first-order chi connectivity index (χ1) is 13.7. The Labute approximate surface area is 163 Å². The van der Waals surface area contributed by atoms with Crippen molar-refractivity contribution in [2.45, 2.75) is 6.92 Å². The molecule has 28 heavy (non-hydrogen) atoms. The van der Waals surface area contributed by atoms with Crippen molar-refractivity contribution in [3.05, 3.63) is 66.1 Å². The SMILES string of the molecule is Cc1ccccc1Nc1ccc(C(=O)N2CCN(c3ncccn3)CC2)nn1. The number of hydrogen-bond acceptors (Lipinski definition) is 7. The minimum atomic E-state index is -0.108. The van der Waals surface area contributed by atoms with Crippen molar-refractivity contribution in [1.29, 1.82) is 0 Å². The molecule has 2 aromatic heterocycles. The van der Waals surface area contributed by atoms with Crippen LogP contribution in [0.1, 0.15) is 16.1 Å². The maximum absolute atomic E-state index is 12.7. The first-order valence-corrected chi connectivity index (χ1v) is 9.18. The Bertz CT molecular complexity index is 938. The molecule has 0 bridgehead atoms. The maximum Gasteiger partial charge on any atom is 0.274 e. The van der Waals surface area contributed by atoms with E-state index in [1.54, 1.807) is 35.5 Å². The van der Waals surface area contributed by atoms with Crippen LogP contribution in [0.4, 0.5) is 17.5 Å². The third kappa shape index (κ3) is 3.90. The number of anilines is 3. The van der Waals surface area contributed by atoms with E-state index >= 15 is 0 Å². The van der Waals surface area contributed by atoms with E-state index < -0.39 is 0 Å². The lowest BCUT2D eigenvalue weighted by atomic mass is 10.2. The Kier molecular flexibility index (Phi) is 5.09. The molecule has 3 heterocycles. The fourth-order valence-corrected chi connectivity index (χ4v) is 3.09. The van der Waals surface area contributed by atoms with Crippen molar-refractivity contribution >= 4 is 23.4 Å². The molecule has 0 aliphatic carbocycles. The fourth-order valence-electron chi connectivity index (χ4n) is 3.09. The summed E-state index contributed by atoms with van der Waals surface area (Å²) in [5, 5.41) is 11.5. The molecule has 4 rings (SSSR count). The molecule has 0 atom stereocenters. The number of aromatic nitrogens is 4. The molecule has 1 aliphatic heterocycles. The number of nitrogens with one attached hydrogen (secondary N) is 1. The van der Waals surface area contributed by atoms with Crippen LogP contribution in [-0.2, 0) is 0 Å². The van der Waals surface area contributed by atoms with Crippen LogP contribution in [0.25, 0.3) is 0 Å². The van der Waals surface area contributed by atoms with Gasteiger partial charge in [0.2, 0.25) is 5.95 Å². The summed E-state index contributed by atoms with van der Waals surface area (Å²) in [6.07, 6.45) is 3.45. The van der Waals surface area contributed by atoms with Crippen molar-refractivity contribution in [3.63, 3.8) is 0 Å². The zero-order valence-electron chi connectivity index (χ0n) is 15.6. The molecule has 8 heteroatoms. The summed E-state index contributed by atoms with van der Waals surface area (Å²) < 4.78 is 0. The molecule has 0 unspecified atom stereocenters. The molecular formula is C20H21N7O. The molecule has 142 valence electrons. The first-order valence-electron chi connectivity index (χ1n) is 9.18. The molecule has 0 radical (unpaired) electrons. The summed E-state index contributed by atoms with van der Waals surface area (Å²) >= 11 is 0. The summed E-state index contributed by atoms with van der Waals surface area (Å²) in [5.74, 6) is 1.20. The number of nitrogens with zero attached hydrogens (tertiary/aromatic N) is 6. The summed E-state index contributed by atoms with van der Waals surface area (Å²) in [6.45, 7) is 4.60. The smallest absolute Gasteiger partial charge is 0.274 e. The number of rotatable bonds is 4. The van der Waals surface area contributed by atoms with E-state index in [2.05, 4.69) is 30.4 Å². The van der Waals surface area contributed by atoms with Crippen LogP contribution in [0.5, 0.6) is 0 Å². The molecule has 8 nitrogen and oxygen atoms in total. The van der Waals surface area contributed by atoms with Gasteiger partial charge in [-0.3, -0.25) is 4.79 Å². The molecule has 1 N–H and O–H groups in total. The van der Waals surface area contributed by atoms with Gasteiger partial charge in [0.25, 0.3) is 5.91 Å². The Balaban J connectivity index is 1.37. The van der Waals surface area contributed by atoms with Gasteiger partial charge in [-0.25, -0.2) is 9.97 Å². The summed E-state index contributed by atoms with van der Waals surface area (Å²) in [4.78, 5) is 25.1. The topological polar surface area (TPSA) is 87.1 Å². The average molecular weight is 375 g/mol. The van der Waals surface area contributed by atoms with Crippen molar-refractivity contribution < 1.29 is 4.79 Å². The highest BCUT2D eigenvalue weighted by molar-refractivity contribution is 5.92. The maximum atomic E-state index is 12.7. The predicted octanol–water partition coefficient (Wildman–Crippen LogP) is 2.28. The summed E-state index contributed by atoms with van der Waals surface area (Å²) in [6, 6.07) is 13.2. The summed E-state index contributed by atoms with van der Waals surface area (Å²) in [5.41, 5.74) is 2.43. The van der Waals surface area contributed by atoms with Gasteiger partial charge < -0.3 is 15.1 Å². The molecule has 1 aliphatic rings. The van der Waals surface area contributed by atoms with Crippen LogP contribution in [-0.4, -0.2) is 57.2 Å². The normalized spacial score (nSPS) is 14.0. The van der Waals surface area contributed by atoms with E-state index in [0.717, 1.165) is 11.3 Å². The zero-order chi connectivity index (χ0) is 19.3. The number of piperazine rings is 1. The number of para-hydroxylation sites is 1. The van der Waals surface area contributed by atoms with Gasteiger partial charge >= 0.3 is 0 Å². The van der Waals surface area contributed by atoms with Gasteiger partial charge in [-0.2, -0.15) is 0 Å². The van der Waals surface area contributed by atoms with Crippen LogP contribution in [0, 0.1) is 6.92 Å². The third-order valence-electron chi connectivity index (χ3n) is 4.69. The van der Waals surface area contributed by atoms with E-state index in [0.29, 0.717) is 43.6 Å². The second-order valence-corrected chi connectivity index (χ2v) is 6.57. The van der Waals surface area contributed by atoms with Crippen LogP contribution in [0.15, 0.2) is 54.9 Å². The number of hydrogen-bond donors (Lipinski definition) is 1. The summed E-state index contributed by atoms with van der Waals surface area (Å²) in [7, 11) is 0. The van der Waals surface area contributed by atoms with Crippen LogP contribution in [0.3, 0.4) is 0 Å². The molecular weight excluding hydrogens is 354 g/mol. The van der Waals surface area contributed by atoms with Gasteiger partial charge in [0.1, 0.15) is 0 Å². The first kappa shape index (κ1) is 17.8. The van der Waals surface area contributed by atoms with E-state index in [4.69, 9.17) is 0 Å². The van der Waals surface area contributed by atoms with Crippen molar-refractivity contribution in [1.82, 2.24) is 25.1 Å². The standard InChI is InChI=1S/C20H21N7O/c1-15-5-2-3-6-16(15)23-18-8-7-17(24-25-18)19(28)26-11-13-27(14-12-26)20-21-9-4-10-22-20/h2-10H,11-14H2,1H3,(H,23,25). The van der Waals surface area contributed by atoms with Crippen molar-refractivity contribution in [2.24, 2.45) is 0 Å². The average Bonchev–Trinajstić information content (AvgIpc) is 2.76. The molecule has 1 amide bonds. The molecule has 1 fully saturated rings. The highest BCUT2D eigenvalue weighted by Crippen LogP contribution is 2.18. The van der Waals surface area contributed by atoms with E-state index in [9.17, 15) is 4.79 Å². The van der Waals surface area contributed by atoms with Crippen LogP contribution in [0.2, 0.25) is 0 Å². The Hall–Kier alpha value is -3.55. The number of carbonyl (C=O) groups excluding carboxylic acids is 1. The second kappa shape index (κ2) is 7.99. The minimum Gasteiger partial charge on any atom is -0.339 e. The Morgan fingerprint density at radius 2 is 1.68 bits per heavy atom. The number of aryl methyl sites for hydroxylation is 1. The molecule has 0 spiro atoms. The van der Waals surface area contributed by atoms with Gasteiger partial charge in [0.05, 0.1) is 0 Å². The number of benzene rings is 1. The second-order valence-electron chi connectivity index (χ2n) is 6.57. The minimum absolute atomic E-state index is 0.108. The van der Waals surface area contributed by atoms with E-state index in [1.807, 2.05) is 31.2 Å². The van der Waals surface area contributed by atoms with Crippen LogP contribution < -0.4 is 10.2 Å². The third-order valence-corrected chi connectivity index (χ3v) is 4.69. The van der Waals surface area contributed by atoms with Crippen LogP contribution >= 0.6 is 0 Å². The largest absolute Gasteiger partial charge is 0.339 e. The Morgan fingerprint density at radius 1 is 0.929 bits per heavy atom. The lowest BCUT2D eigenvalue weighted by Gasteiger charge is -2.34. The van der Waals surface area contributed by atoms with Gasteiger partial charge in [-0.1, -0.05) is 18.2 Å². The lowest BCUT2D eigenvalue weighted by Crippen LogP contribution is -2.49. The van der Waals surface area contributed by atoms with Gasteiger partial charge in [-0.15, -0.1) is 10.2 Å². The quantitative estimate of drug-likeness (QED) is 0.748. The molecule has 1 aromatic carbocycles. The van der Waals surface area contributed by atoms with Gasteiger partial charge in [0.15, 0.2) is 11.5 Å². The molecule has 0 saturated carbocycles. The van der Waals surface area contributed by atoms with Crippen molar-refractivity contribution in [2.75, 3.05) is 36.4 Å². The molecule has 3 aromatic rings. The van der Waals surface area contributed by atoms with E-state index in [-0.39, 0.29) is 5.91 Å². The zero-order valence-corrected chi connectivity index (χ0v) is 15.6. The number of carbonyl (C=O) groups is 1. The van der Waals surface area contributed by atoms with Gasteiger partial charge in [-0.05, 0) is 36.8 Å². The van der Waals surface area contributed by atoms with Crippen molar-refractivity contribution in [3.8, 4) is 0 Å². The Morgan fingerprint density at radius 3 is 2.36 bits per heavy atom. The fraction of sp³-hybridized carbons (Fsp3) is 0.250. The monoisotopic (exact) mass is 375 g/mol. The molecule has 1 saturated heterocycles. The van der Waals surface area contributed by atoms with Gasteiger partial charge in [0, 0.05) is 44.3 Å². The lowest BCUT2D eigenvalue weighted by molar-refractivity contribution is 0.0739. The van der Waals surface area contributed by atoms with E-state index in [1.165, 1.54) is 0 Å². The highest BCUT2D eigenvalue weighted by atomic mass is 16.2. The highest BCUT2D eigenvalue weighted by Gasteiger charge is 2.24. The predicted molar refractivity (Wildman–Crippen MR) is 107 cm³/mol. The number of amides is 1.